The van der Waals surface area contributed by atoms with Gasteiger partial charge in [-0.15, -0.1) is 0 Å². The molecule has 88 valence electrons. The van der Waals surface area contributed by atoms with Gasteiger partial charge in [0.15, 0.2) is 0 Å². The molecule has 0 aromatic heterocycles. The van der Waals surface area contributed by atoms with Gasteiger partial charge in [-0.3, -0.25) is 4.79 Å². The second-order valence-electron chi connectivity index (χ2n) is 4.02. The molecular weight excluding hydrogens is 194 g/mol. The molecule has 0 bridgehead atoms. The van der Waals surface area contributed by atoms with Crippen LogP contribution >= 0.6 is 0 Å². The minimum atomic E-state index is -0.957. The van der Waals surface area contributed by atoms with Crippen LogP contribution in [0.25, 0.3) is 0 Å². The average molecular weight is 215 g/mol. The molecule has 3 atom stereocenters. The lowest BCUT2D eigenvalue weighted by atomic mass is 9.98. The summed E-state index contributed by atoms with van der Waals surface area (Å²) < 4.78 is 0. The number of hydrogen-bond acceptors (Lipinski definition) is 2. The van der Waals surface area contributed by atoms with E-state index >= 15 is 0 Å². The van der Waals surface area contributed by atoms with E-state index in [1.54, 1.807) is 6.92 Å². The summed E-state index contributed by atoms with van der Waals surface area (Å²) in [7, 11) is 0. The monoisotopic (exact) mass is 215 g/mol. The van der Waals surface area contributed by atoms with E-state index in [0.717, 1.165) is 12.8 Å². The van der Waals surface area contributed by atoms with Crippen LogP contribution in [0.4, 0.5) is 0 Å². The first-order chi connectivity index (χ1) is 6.93. The zero-order valence-electron chi connectivity index (χ0n) is 9.91. The van der Waals surface area contributed by atoms with Crippen LogP contribution in [0.5, 0.6) is 0 Å². The van der Waals surface area contributed by atoms with Crippen molar-refractivity contribution in [2.45, 2.75) is 46.6 Å². The van der Waals surface area contributed by atoms with Crippen molar-refractivity contribution in [3.8, 4) is 0 Å². The first kappa shape index (κ1) is 13.9. The number of rotatable bonds is 6. The maximum atomic E-state index is 11.5. The fourth-order valence-electron chi connectivity index (χ4n) is 1.16. The first-order valence-corrected chi connectivity index (χ1v) is 5.47. The van der Waals surface area contributed by atoms with Crippen LogP contribution in [-0.4, -0.2) is 23.0 Å². The standard InChI is InChI=1S/C11H21NO3/c1-5-7(3)9(11(14)15)12-10(13)8(4)6-2/h7-9H,5-6H2,1-4H3,(H,12,13)(H,14,15)/t7?,8?,9-/m0/s1. The summed E-state index contributed by atoms with van der Waals surface area (Å²) in [5.41, 5.74) is 0. The summed E-state index contributed by atoms with van der Waals surface area (Å²) in [6, 6.07) is -0.767. The molecule has 4 heteroatoms. The van der Waals surface area contributed by atoms with E-state index in [-0.39, 0.29) is 17.7 Å². The molecule has 1 amide bonds. The number of carbonyl (C=O) groups excluding carboxylic acids is 1. The number of nitrogens with one attached hydrogen (secondary N) is 1. The zero-order valence-corrected chi connectivity index (χ0v) is 9.91. The van der Waals surface area contributed by atoms with Crippen molar-refractivity contribution in [2.75, 3.05) is 0 Å². The molecule has 0 radical (unpaired) electrons. The molecule has 0 rings (SSSR count). The second kappa shape index (κ2) is 6.43. The van der Waals surface area contributed by atoms with Gasteiger partial charge in [0.25, 0.3) is 0 Å². The number of aliphatic carboxylic acids is 1. The second-order valence-corrected chi connectivity index (χ2v) is 4.02. The summed E-state index contributed by atoms with van der Waals surface area (Å²) in [5, 5.41) is 11.5. The molecule has 0 aromatic rings. The number of carbonyl (C=O) groups is 2. The van der Waals surface area contributed by atoms with Gasteiger partial charge in [-0.1, -0.05) is 34.1 Å². The van der Waals surface area contributed by atoms with E-state index in [2.05, 4.69) is 5.32 Å². The Morgan fingerprint density at radius 2 is 1.73 bits per heavy atom. The number of carboxylic acid groups (broad SMARTS) is 1. The largest absolute Gasteiger partial charge is 0.480 e. The van der Waals surface area contributed by atoms with E-state index in [1.807, 2.05) is 20.8 Å². The summed E-state index contributed by atoms with van der Waals surface area (Å²) in [6.45, 7) is 7.44. The highest BCUT2D eigenvalue weighted by Gasteiger charge is 2.26. The van der Waals surface area contributed by atoms with E-state index in [0.29, 0.717) is 0 Å². The van der Waals surface area contributed by atoms with Crippen LogP contribution in [0.15, 0.2) is 0 Å². The van der Waals surface area contributed by atoms with Gasteiger partial charge < -0.3 is 10.4 Å². The molecule has 0 aliphatic heterocycles. The quantitative estimate of drug-likeness (QED) is 0.708. The molecule has 0 spiro atoms. The van der Waals surface area contributed by atoms with Gasteiger partial charge >= 0.3 is 5.97 Å². The molecule has 2 unspecified atom stereocenters. The average Bonchev–Trinajstić information content (AvgIpc) is 2.22. The van der Waals surface area contributed by atoms with Gasteiger partial charge in [-0.25, -0.2) is 4.79 Å². The van der Waals surface area contributed by atoms with Crippen molar-refractivity contribution in [3.63, 3.8) is 0 Å². The summed E-state index contributed by atoms with van der Waals surface area (Å²) >= 11 is 0. The van der Waals surface area contributed by atoms with Crippen molar-refractivity contribution in [2.24, 2.45) is 11.8 Å². The van der Waals surface area contributed by atoms with Gasteiger partial charge in [0.2, 0.25) is 5.91 Å². The Labute approximate surface area is 91.1 Å². The van der Waals surface area contributed by atoms with Gasteiger partial charge in [-0.05, 0) is 12.3 Å². The molecule has 0 aliphatic rings. The van der Waals surface area contributed by atoms with Crippen molar-refractivity contribution < 1.29 is 14.7 Å². The van der Waals surface area contributed by atoms with E-state index in [4.69, 9.17) is 5.11 Å². The minimum Gasteiger partial charge on any atom is -0.480 e. The molecule has 15 heavy (non-hydrogen) atoms. The van der Waals surface area contributed by atoms with Crippen LogP contribution in [0, 0.1) is 11.8 Å². The number of amides is 1. The first-order valence-electron chi connectivity index (χ1n) is 5.47. The van der Waals surface area contributed by atoms with Gasteiger partial charge in [0.1, 0.15) is 6.04 Å². The Morgan fingerprint density at radius 3 is 2.07 bits per heavy atom. The highest BCUT2D eigenvalue weighted by Crippen LogP contribution is 2.09. The summed E-state index contributed by atoms with van der Waals surface area (Å²) in [5.74, 6) is -1.31. The fourth-order valence-corrected chi connectivity index (χ4v) is 1.16. The summed E-state index contributed by atoms with van der Waals surface area (Å²) in [4.78, 5) is 22.5. The third kappa shape index (κ3) is 4.32. The van der Waals surface area contributed by atoms with Crippen molar-refractivity contribution in [3.05, 3.63) is 0 Å². The topological polar surface area (TPSA) is 66.4 Å². The van der Waals surface area contributed by atoms with E-state index < -0.39 is 12.0 Å². The Morgan fingerprint density at radius 1 is 1.20 bits per heavy atom. The third-order valence-corrected chi connectivity index (χ3v) is 2.84. The maximum Gasteiger partial charge on any atom is 0.326 e. The zero-order chi connectivity index (χ0) is 12.0. The molecule has 4 nitrogen and oxygen atoms in total. The maximum absolute atomic E-state index is 11.5. The number of carboxylic acids is 1. The molecule has 0 fully saturated rings. The predicted molar refractivity (Wildman–Crippen MR) is 58.5 cm³/mol. The summed E-state index contributed by atoms with van der Waals surface area (Å²) in [6.07, 6.45) is 1.45. The highest BCUT2D eigenvalue weighted by molar-refractivity contribution is 5.84. The Balaban J connectivity index is 4.42. The van der Waals surface area contributed by atoms with Gasteiger partial charge in [0, 0.05) is 5.92 Å². The molecule has 0 saturated heterocycles. The van der Waals surface area contributed by atoms with Crippen LogP contribution in [0.3, 0.4) is 0 Å². The SMILES string of the molecule is CCC(C)C(=O)N[C@H](C(=O)O)C(C)CC. The lowest BCUT2D eigenvalue weighted by Gasteiger charge is -2.21. The van der Waals surface area contributed by atoms with Crippen LogP contribution in [0.1, 0.15) is 40.5 Å². The molecule has 0 aliphatic carbocycles. The van der Waals surface area contributed by atoms with Crippen molar-refractivity contribution in [1.82, 2.24) is 5.32 Å². The molecule has 0 heterocycles. The smallest absolute Gasteiger partial charge is 0.326 e. The van der Waals surface area contributed by atoms with Crippen molar-refractivity contribution in [1.29, 1.82) is 0 Å². The third-order valence-electron chi connectivity index (χ3n) is 2.84. The molecule has 0 saturated carbocycles. The molecular formula is C11H21NO3. The minimum absolute atomic E-state index is 0.0458. The van der Waals surface area contributed by atoms with Crippen LogP contribution < -0.4 is 5.32 Å². The predicted octanol–water partition coefficient (Wildman–Crippen LogP) is 1.65. The van der Waals surface area contributed by atoms with Crippen LogP contribution in [-0.2, 0) is 9.59 Å². The molecule has 0 aromatic carbocycles. The van der Waals surface area contributed by atoms with E-state index in [9.17, 15) is 9.59 Å². The highest BCUT2D eigenvalue weighted by atomic mass is 16.4. The normalized spacial score (nSPS) is 16.5. The Kier molecular flexibility index (Phi) is 5.97. The van der Waals surface area contributed by atoms with Gasteiger partial charge in [-0.2, -0.15) is 0 Å². The fraction of sp³-hybridized carbons (Fsp3) is 0.818. The Hall–Kier alpha value is -1.06. The van der Waals surface area contributed by atoms with E-state index in [1.165, 1.54) is 0 Å². The molecule has 2 N–H and O–H groups in total. The van der Waals surface area contributed by atoms with Crippen LogP contribution in [0.2, 0.25) is 0 Å². The Bertz CT molecular complexity index is 228. The van der Waals surface area contributed by atoms with Gasteiger partial charge in [0.05, 0.1) is 0 Å². The lowest BCUT2D eigenvalue weighted by Crippen LogP contribution is -2.46. The number of hydrogen-bond donors (Lipinski definition) is 2. The van der Waals surface area contributed by atoms with Crippen molar-refractivity contribution >= 4 is 11.9 Å². The lowest BCUT2D eigenvalue weighted by molar-refractivity contribution is -0.143.